The third-order valence-corrected chi connectivity index (χ3v) is 4.39. The van der Waals surface area contributed by atoms with Gasteiger partial charge in [0, 0.05) is 0 Å². The second-order valence-electron chi connectivity index (χ2n) is 6.25. The average molecular weight is 370 g/mol. The summed E-state index contributed by atoms with van der Waals surface area (Å²) in [7, 11) is 1.48. The summed E-state index contributed by atoms with van der Waals surface area (Å²) in [6.07, 6.45) is 0.198. The van der Waals surface area contributed by atoms with Crippen molar-refractivity contribution in [2.75, 3.05) is 7.11 Å². The number of ether oxygens (including phenoxy) is 2. The van der Waals surface area contributed by atoms with E-state index in [9.17, 15) is 9.59 Å². The van der Waals surface area contributed by atoms with E-state index in [1.54, 1.807) is 31.2 Å². The first kappa shape index (κ1) is 20.3. The molecule has 144 valence electrons. The molecule has 0 spiro atoms. The molecule has 0 aliphatic heterocycles. The summed E-state index contributed by atoms with van der Waals surface area (Å²) >= 11 is 0. The zero-order chi connectivity index (χ0) is 19.8. The number of nitrogens with one attached hydrogen (secondary N) is 2. The van der Waals surface area contributed by atoms with E-state index in [-0.39, 0.29) is 0 Å². The molecule has 2 N–H and O–H groups in total. The lowest BCUT2D eigenvalue weighted by atomic mass is 9.98. The van der Waals surface area contributed by atoms with Gasteiger partial charge in [0.25, 0.3) is 11.8 Å². The van der Waals surface area contributed by atoms with Gasteiger partial charge in [0.05, 0.1) is 12.7 Å². The summed E-state index contributed by atoms with van der Waals surface area (Å²) in [4.78, 5) is 24.6. The second kappa shape index (κ2) is 9.62. The molecule has 0 saturated heterocycles. The van der Waals surface area contributed by atoms with Crippen LogP contribution in [0.5, 0.6) is 11.5 Å². The molecule has 0 aromatic heterocycles. The molecule has 2 aromatic rings. The Hall–Kier alpha value is -3.02. The van der Waals surface area contributed by atoms with Gasteiger partial charge in [-0.2, -0.15) is 0 Å². The number of carbonyl (C=O) groups is 2. The van der Waals surface area contributed by atoms with Crippen LogP contribution < -0.4 is 20.3 Å². The molecular formula is C21H26N2O4. The van der Waals surface area contributed by atoms with Crippen LogP contribution in [0.2, 0.25) is 0 Å². The molecule has 27 heavy (non-hydrogen) atoms. The van der Waals surface area contributed by atoms with Crippen LogP contribution in [-0.2, 0) is 4.79 Å². The minimum absolute atomic E-state index is 0.321. The van der Waals surface area contributed by atoms with Gasteiger partial charge in [-0.1, -0.05) is 44.2 Å². The smallest absolute Gasteiger partial charge is 0.279 e. The molecule has 0 heterocycles. The first-order chi connectivity index (χ1) is 13.0. The highest BCUT2D eigenvalue weighted by atomic mass is 16.5. The van der Waals surface area contributed by atoms with Gasteiger partial charge in [-0.25, -0.2) is 0 Å². The highest BCUT2D eigenvalue weighted by molar-refractivity contribution is 5.98. The number of carbonyl (C=O) groups excluding carboxylic acids is 2. The Morgan fingerprint density at radius 2 is 1.59 bits per heavy atom. The SMILES string of the molecule is CCC(C)c1ccccc1OC(C)C(=O)NNC(=O)c1ccccc1OC. The fraction of sp³-hybridized carbons (Fsp3) is 0.333. The lowest BCUT2D eigenvalue weighted by Crippen LogP contribution is -2.47. The van der Waals surface area contributed by atoms with Crippen molar-refractivity contribution in [2.24, 2.45) is 0 Å². The number of hydrogen-bond donors (Lipinski definition) is 2. The van der Waals surface area contributed by atoms with E-state index in [1.807, 2.05) is 24.3 Å². The Kier molecular flexibility index (Phi) is 7.23. The third kappa shape index (κ3) is 5.23. The number of hydrogen-bond acceptors (Lipinski definition) is 4. The highest BCUT2D eigenvalue weighted by Gasteiger charge is 2.19. The number of rotatable bonds is 7. The number of methoxy groups -OCH3 is 1. The van der Waals surface area contributed by atoms with Crippen LogP contribution >= 0.6 is 0 Å². The van der Waals surface area contributed by atoms with Gasteiger partial charge < -0.3 is 9.47 Å². The fourth-order valence-electron chi connectivity index (χ4n) is 2.58. The summed E-state index contributed by atoms with van der Waals surface area (Å²) in [5.74, 6) is 0.508. The Morgan fingerprint density at radius 1 is 0.963 bits per heavy atom. The molecule has 2 aromatic carbocycles. The van der Waals surface area contributed by atoms with E-state index in [1.165, 1.54) is 7.11 Å². The Bertz CT molecular complexity index is 791. The van der Waals surface area contributed by atoms with E-state index in [2.05, 4.69) is 24.7 Å². The van der Waals surface area contributed by atoms with Crippen LogP contribution in [0.4, 0.5) is 0 Å². The predicted molar refractivity (Wildman–Crippen MR) is 104 cm³/mol. The third-order valence-electron chi connectivity index (χ3n) is 4.39. The first-order valence-electron chi connectivity index (χ1n) is 8.96. The molecule has 0 radical (unpaired) electrons. The van der Waals surface area contributed by atoms with Gasteiger partial charge in [-0.3, -0.25) is 20.4 Å². The largest absolute Gasteiger partial charge is 0.496 e. The van der Waals surface area contributed by atoms with Gasteiger partial charge in [-0.05, 0) is 43.0 Å². The van der Waals surface area contributed by atoms with Gasteiger partial charge in [0.2, 0.25) is 0 Å². The monoisotopic (exact) mass is 370 g/mol. The Labute approximate surface area is 159 Å². The molecular weight excluding hydrogens is 344 g/mol. The molecule has 6 nitrogen and oxygen atoms in total. The van der Waals surface area contributed by atoms with Crippen molar-refractivity contribution in [3.05, 3.63) is 59.7 Å². The van der Waals surface area contributed by atoms with Crippen LogP contribution in [0.3, 0.4) is 0 Å². The maximum absolute atomic E-state index is 12.3. The van der Waals surface area contributed by atoms with Crippen LogP contribution in [0.1, 0.15) is 49.0 Å². The van der Waals surface area contributed by atoms with Crippen LogP contribution in [0.15, 0.2) is 48.5 Å². The summed E-state index contributed by atoms with van der Waals surface area (Å²) in [5.41, 5.74) is 6.17. The van der Waals surface area contributed by atoms with E-state index in [0.29, 0.717) is 23.0 Å². The van der Waals surface area contributed by atoms with Crippen molar-refractivity contribution in [1.82, 2.24) is 10.9 Å². The minimum atomic E-state index is -0.770. The minimum Gasteiger partial charge on any atom is -0.496 e. The summed E-state index contributed by atoms with van der Waals surface area (Å²) in [6.45, 7) is 5.85. The fourth-order valence-corrected chi connectivity index (χ4v) is 2.58. The molecule has 2 amide bonds. The number of benzene rings is 2. The van der Waals surface area contributed by atoms with Crippen LogP contribution in [0.25, 0.3) is 0 Å². The van der Waals surface area contributed by atoms with E-state index >= 15 is 0 Å². The zero-order valence-electron chi connectivity index (χ0n) is 16.1. The van der Waals surface area contributed by atoms with Crippen molar-refractivity contribution < 1.29 is 19.1 Å². The molecule has 6 heteroatoms. The topological polar surface area (TPSA) is 76.7 Å². The number of amides is 2. The second-order valence-corrected chi connectivity index (χ2v) is 6.25. The van der Waals surface area contributed by atoms with Gasteiger partial charge in [0.15, 0.2) is 6.10 Å². The predicted octanol–water partition coefficient (Wildman–Crippen LogP) is 3.44. The lowest BCUT2D eigenvalue weighted by molar-refractivity contribution is -0.128. The average Bonchev–Trinajstić information content (AvgIpc) is 2.71. The Balaban J connectivity index is 1.98. The van der Waals surface area contributed by atoms with Crippen molar-refractivity contribution in [1.29, 1.82) is 0 Å². The van der Waals surface area contributed by atoms with Gasteiger partial charge in [-0.15, -0.1) is 0 Å². The standard InChI is InChI=1S/C21H26N2O4/c1-5-14(2)16-10-6-9-13-19(16)27-15(3)20(24)22-23-21(25)17-11-7-8-12-18(17)26-4/h6-15H,5H2,1-4H3,(H,22,24)(H,23,25). The van der Waals surface area contributed by atoms with E-state index in [4.69, 9.17) is 9.47 Å². The quantitative estimate of drug-likeness (QED) is 0.732. The highest BCUT2D eigenvalue weighted by Crippen LogP contribution is 2.29. The zero-order valence-corrected chi connectivity index (χ0v) is 16.1. The van der Waals surface area contributed by atoms with Crippen molar-refractivity contribution in [3.8, 4) is 11.5 Å². The summed E-state index contributed by atoms with van der Waals surface area (Å²) in [6, 6.07) is 14.4. The number of hydrazine groups is 1. The molecule has 0 bridgehead atoms. The molecule has 0 saturated carbocycles. The van der Waals surface area contributed by atoms with Gasteiger partial charge >= 0.3 is 0 Å². The molecule has 2 rings (SSSR count). The van der Waals surface area contributed by atoms with E-state index < -0.39 is 17.9 Å². The summed E-state index contributed by atoms with van der Waals surface area (Å²) < 4.78 is 11.0. The maximum Gasteiger partial charge on any atom is 0.279 e. The van der Waals surface area contributed by atoms with Crippen molar-refractivity contribution in [3.63, 3.8) is 0 Å². The van der Waals surface area contributed by atoms with Crippen molar-refractivity contribution in [2.45, 2.75) is 39.2 Å². The molecule has 0 fully saturated rings. The molecule has 0 aliphatic rings. The molecule has 0 aliphatic carbocycles. The molecule has 2 atom stereocenters. The van der Waals surface area contributed by atoms with Gasteiger partial charge in [0.1, 0.15) is 11.5 Å². The number of para-hydroxylation sites is 2. The Morgan fingerprint density at radius 3 is 2.26 bits per heavy atom. The van der Waals surface area contributed by atoms with Crippen LogP contribution in [-0.4, -0.2) is 25.0 Å². The van der Waals surface area contributed by atoms with E-state index in [0.717, 1.165) is 12.0 Å². The summed E-state index contributed by atoms with van der Waals surface area (Å²) in [5, 5.41) is 0. The van der Waals surface area contributed by atoms with Crippen LogP contribution in [0, 0.1) is 0 Å². The normalized spacial score (nSPS) is 12.6. The molecule has 2 unspecified atom stereocenters. The first-order valence-corrected chi connectivity index (χ1v) is 8.96. The lowest BCUT2D eigenvalue weighted by Gasteiger charge is -2.20. The maximum atomic E-state index is 12.3. The van der Waals surface area contributed by atoms with Crippen molar-refractivity contribution >= 4 is 11.8 Å².